The van der Waals surface area contributed by atoms with Crippen molar-refractivity contribution in [2.75, 3.05) is 12.4 Å². The third-order valence-electron chi connectivity index (χ3n) is 2.10. The molecular weight excluding hydrogens is 230 g/mol. The summed E-state index contributed by atoms with van der Waals surface area (Å²) in [5, 5.41) is 3.42. The van der Waals surface area contributed by atoms with E-state index in [1.165, 1.54) is 12.8 Å². The van der Waals surface area contributed by atoms with Gasteiger partial charge in [-0.3, -0.25) is 0 Å². The molecule has 0 spiro atoms. The van der Waals surface area contributed by atoms with Crippen LogP contribution in [0.1, 0.15) is 12.8 Å². The zero-order valence-corrected chi connectivity index (χ0v) is 9.10. The van der Waals surface area contributed by atoms with E-state index in [-0.39, 0.29) is 0 Å². The van der Waals surface area contributed by atoms with Crippen LogP contribution >= 0.6 is 15.9 Å². The van der Waals surface area contributed by atoms with Crippen molar-refractivity contribution in [2.45, 2.75) is 18.9 Å². The molecule has 1 aliphatic carbocycles. The smallest absolute Gasteiger partial charge is 0.135 e. The Kier molecular flexibility index (Phi) is 2.44. The molecule has 1 aromatic carbocycles. The van der Waals surface area contributed by atoms with Gasteiger partial charge in [0.05, 0.1) is 11.6 Å². The highest BCUT2D eigenvalue weighted by Gasteiger charge is 2.20. The molecule has 1 aromatic rings. The predicted molar refractivity (Wildman–Crippen MR) is 57.3 cm³/mol. The average molecular weight is 242 g/mol. The molecule has 1 saturated carbocycles. The highest BCUT2D eigenvalue weighted by atomic mass is 79.9. The van der Waals surface area contributed by atoms with E-state index in [1.807, 2.05) is 12.1 Å². The van der Waals surface area contributed by atoms with Crippen LogP contribution in [-0.4, -0.2) is 13.2 Å². The summed E-state index contributed by atoms with van der Waals surface area (Å²) in [4.78, 5) is 0. The van der Waals surface area contributed by atoms with Gasteiger partial charge in [-0.1, -0.05) is 0 Å². The van der Waals surface area contributed by atoms with Crippen LogP contribution in [0.4, 0.5) is 5.69 Å². The van der Waals surface area contributed by atoms with Gasteiger partial charge in [-0.25, -0.2) is 0 Å². The fourth-order valence-corrected chi connectivity index (χ4v) is 1.62. The van der Waals surface area contributed by atoms with E-state index in [9.17, 15) is 0 Å². The van der Waals surface area contributed by atoms with Crippen molar-refractivity contribution in [3.63, 3.8) is 0 Å². The molecule has 1 aliphatic rings. The third-order valence-corrected chi connectivity index (χ3v) is 2.75. The molecule has 1 fully saturated rings. The van der Waals surface area contributed by atoms with Gasteiger partial charge in [-0.05, 0) is 40.9 Å². The van der Waals surface area contributed by atoms with Gasteiger partial charge in [0.1, 0.15) is 5.75 Å². The molecule has 2 nitrogen and oxygen atoms in total. The minimum absolute atomic E-state index is 0.686. The summed E-state index contributed by atoms with van der Waals surface area (Å²) in [6.45, 7) is 0. The predicted octanol–water partition coefficient (Wildman–Crippen LogP) is 3.03. The number of methoxy groups -OCH3 is 1. The fourth-order valence-electron chi connectivity index (χ4n) is 1.21. The number of halogens is 1. The Hall–Kier alpha value is -0.700. The standard InChI is InChI=1S/C10H12BrNO/c1-13-10-6-8(4-5-9(10)11)12-7-2-3-7/h4-7,12H,2-3H2,1H3. The van der Waals surface area contributed by atoms with Crippen molar-refractivity contribution in [3.05, 3.63) is 22.7 Å². The quantitative estimate of drug-likeness (QED) is 0.879. The first kappa shape index (κ1) is 8.88. The molecule has 3 heteroatoms. The zero-order chi connectivity index (χ0) is 9.26. The number of hydrogen-bond donors (Lipinski definition) is 1. The highest BCUT2D eigenvalue weighted by molar-refractivity contribution is 9.10. The SMILES string of the molecule is COc1cc(NC2CC2)ccc1Br. The molecule has 0 heterocycles. The van der Waals surface area contributed by atoms with Crippen LogP contribution in [0, 0.1) is 0 Å². The lowest BCUT2D eigenvalue weighted by Crippen LogP contribution is -2.00. The number of rotatable bonds is 3. The Morgan fingerprint density at radius 3 is 2.85 bits per heavy atom. The van der Waals surface area contributed by atoms with Crippen molar-refractivity contribution in [3.8, 4) is 5.75 Å². The van der Waals surface area contributed by atoms with Crippen LogP contribution in [-0.2, 0) is 0 Å². The van der Waals surface area contributed by atoms with Gasteiger partial charge < -0.3 is 10.1 Å². The molecule has 70 valence electrons. The lowest BCUT2D eigenvalue weighted by molar-refractivity contribution is 0.412. The maximum absolute atomic E-state index is 5.20. The van der Waals surface area contributed by atoms with Crippen LogP contribution in [0.3, 0.4) is 0 Å². The van der Waals surface area contributed by atoms with Crippen LogP contribution in [0.25, 0.3) is 0 Å². The zero-order valence-electron chi connectivity index (χ0n) is 7.51. The largest absolute Gasteiger partial charge is 0.495 e. The van der Waals surface area contributed by atoms with Crippen molar-refractivity contribution >= 4 is 21.6 Å². The summed E-state index contributed by atoms with van der Waals surface area (Å²) >= 11 is 3.42. The van der Waals surface area contributed by atoms with Crippen LogP contribution in [0.15, 0.2) is 22.7 Å². The van der Waals surface area contributed by atoms with Gasteiger partial charge in [0.25, 0.3) is 0 Å². The van der Waals surface area contributed by atoms with Gasteiger partial charge in [-0.15, -0.1) is 0 Å². The van der Waals surface area contributed by atoms with Gasteiger partial charge >= 0.3 is 0 Å². The molecule has 0 aliphatic heterocycles. The summed E-state index contributed by atoms with van der Waals surface area (Å²) in [5.41, 5.74) is 1.14. The minimum Gasteiger partial charge on any atom is -0.495 e. The van der Waals surface area contributed by atoms with Crippen LogP contribution in [0.2, 0.25) is 0 Å². The van der Waals surface area contributed by atoms with Crippen molar-refractivity contribution in [1.29, 1.82) is 0 Å². The monoisotopic (exact) mass is 241 g/mol. The maximum Gasteiger partial charge on any atom is 0.135 e. The molecule has 13 heavy (non-hydrogen) atoms. The van der Waals surface area contributed by atoms with Gasteiger partial charge in [0.15, 0.2) is 0 Å². The molecule has 0 amide bonds. The number of anilines is 1. The molecule has 2 rings (SSSR count). The normalized spacial score (nSPS) is 15.5. The third kappa shape index (κ3) is 2.15. The number of benzene rings is 1. The first-order valence-corrected chi connectivity index (χ1v) is 5.19. The summed E-state index contributed by atoms with van der Waals surface area (Å²) in [6.07, 6.45) is 2.58. The second kappa shape index (κ2) is 3.58. The van der Waals surface area contributed by atoms with E-state index in [0.29, 0.717) is 6.04 Å². The second-order valence-corrected chi connectivity index (χ2v) is 4.12. The van der Waals surface area contributed by atoms with E-state index in [0.717, 1.165) is 15.9 Å². The average Bonchev–Trinajstić information content (AvgIpc) is 2.92. The minimum atomic E-state index is 0.686. The van der Waals surface area contributed by atoms with E-state index in [1.54, 1.807) is 7.11 Å². The second-order valence-electron chi connectivity index (χ2n) is 3.27. The molecule has 0 bridgehead atoms. The molecule has 0 unspecified atom stereocenters. The van der Waals surface area contributed by atoms with Gasteiger partial charge in [-0.2, -0.15) is 0 Å². The summed E-state index contributed by atoms with van der Waals surface area (Å²) < 4.78 is 6.20. The number of ether oxygens (including phenoxy) is 1. The Morgan fingerprint density at radius 1 is 1.46 bits per heavy atom. The first-order chi connectivity index (χ1) is 6.29. The Bertz CT molecular complexity index is 310. The van der Waals surface area contributed by atoms with Gasteiger partial charge in [0, 0.05) is 17.8 Å². The fraction of sp³-hybridized carbons (Fsp3) is 0.400. The molecule has 1 N–H and O–H groups in total. The van der Waals surface area contributed by atoms with E-state index < -0.39 is 0 Å². The molecule has 0 atom stereocenters. The van der Waals surface area contributed by atoms with Crippen molar-refractivity contribution in [2.24, 2.45) is 0 Å². The Labute approximate surface area is 86.4 Å². The van der Waals surface area contributed by atoms with Crippen molar-refractivity contribution in [1.82, 2.24) is 0 Å². The number of nitrogens with one attached hydrogen (secondary N) is 1. The van der Waals surface area contributed by atoms with E-state index >= 15 is 0 Å². The molecule has 0 aromatic heterocycles. The topological polar surface area (TPSA) is 21.3 Å². The van der Waals surface area contributed by atoms with Crippen LogP contribution in [0.5, 0.6) is 5.75 Å². The summed E-state index contributed by atoms with van der Waals surface area (Å²) in [7, 11) is 1.68. The summed E-state index contributed by atoms with van der Waals surface area (Å²) in [6, 6.07) is 6.77. The highest BCUT2D eigenvalue weighted by Crippen LogP contribution is 2.31. The lowest BCUT2D eigenvalue weighted by atomic mass is 10.3. The van der Waals surface area contributed by atoms with Crippen molar-refractivity contribution < 1.29 is 4.74 Å². The molecule has 0 saturated heterocycles. The number of hydrogen-bond acceptors (Lipinski definition) is 2. The Morgan fingerprint density at radius 2 is 2.23 bits per heavy atom. The maximum atomic E-state index is 5.20. The first-order valence-electron chi connectivity index (χ1n) is 4.39. The molecular formula is C10H12BrNO. The lowest BCUT2D eigenvalue weighted by Gasteiger charge is -2.07. The van der Waals surface area contributed by atoms with E-state index in [4.69, 9.17) is 4.74 Å². The Balaban J connectivity index is 2.16. The molecule has 0 radical (unpaired) electrons. The van der Waals surface area contributed by atoms with Gasteiger partial charge in [0.2, 0.25) is 0 Å². The summed E-state index contributed by atoms with van der Waals surface area (Å²) in [5.74, 6) is 0.880. The van der Waals surface area contributed by atoms with Crippen LogP contribution < -0.4 is 10.1 Å². The van der Waals surface area contributed by atoms with E-state index in [2.05, 4.69) is 27.3 Å².